The van der Waals surface area contributed by atoms with E-state index in [0.29, 0.717) is 5.41 Å². The van der Waals surface area contributed by atoms with E-state index in [0.717, 1.165) is 19.1 Å². The van der Waals surface area contributed by atoms with Gasteiger partial charge in [0.05, 0.1) is 0 Å². The van der Waals surface area contributed by atoms with Gasteiger partial charge >= 0.3 is 0 Å². The standard InChI is InChI=1S/C15H31NO/c1-14(2,3)16-12-15(4,13-8-9-13)10-6-7-11-17-5/h13,16H,6-12H2,1-5H3. The van der Waals surface area contributed by atoms with Crippen LogP contribution in [0.1, 0.15) is 59.8 Å². The van der Waals surface area contributed by atoms with Gasteiger partial charge < -0.3 is 10.1 Å². The minimum Gasteiger partial charge on any atom is -0.385 e. The van der Waals surface area contributed by atoms with Crippen LogP contribution in [0.25, 0.3) is 0 Å². The van der Waals surface area contributed by atoms with Crippen molar-refractivity contribution in [1.29, 1.82) is 0 Å². The Kier molecular flexibility index (Phi) is 5.46. The molecule has 0 bridgehead atoms. The van der Waals surface area contributed by atoms with Gasteiger partial charge in [0.1, 0.15) is 0 Å². The normalized spacial score (nSPS) is 20.3. The topological polar surface area (TPSA) is 21.3 Å². The summed E-state index contributed by atoms with van der Waals surface area (Å²) >= 11 is 0. The zero-order valence-corrected chi connectivity index (χ0v) is 12.4. The molecule has 1 rings (SSSR count). The third-order valence-electron chi connectivity index (χ3n) is 3.93. The van der Waals surface area contributed by atoms with Crippen LogP contribution in [0.4, 0.5) is 0 Å². The van der Waals surface area contributed by atoms with Gasteiger partial charge in [-0.05, 0) is 57.8 Å². The summed E-state index contributed by atoms with van der Waals surface area (Å²) in [6, 6.07) is 0. The summed E-state index contributed by atoms with van der Waals surface area (Å²) in [5, 5.41) is 3.69. The van der Waals surface area contributed by atoms with Crippen LogP contribution in [-0.2, 0) is 4.74 Å². The molecule has 0 spiro atoms. The number of methoxy groups -OCH3 is 1. The molecule has 0 saturated heterocycles. The fraction of sp³-hybridized carbons (Fsp3) is 1.00. The van der Waals surface area contributed by atoms with Crippen molar-refractivity contribution < 1.29 is 4.74 Å². The first-order chi connectivity index (χ1) is 7.87. The van der Waals surface area contributed by atoms with E-state index in [1.54, 1.807) is 7.11 Å². The summed E-state index contributed by atoms with van der Waals surface area (Å²) < 4.78 is 5.13. The van der Waals surface area contributed by atoms with Gasteiger partial charge in [0, 0.05) is 25.8 Å². The molecule has 0 radical (unpaired) electrons. The Labute approximate surface area is 108 Å². The van der Waals surface area contributed by atoms with E-state index in [1.807, 2.05) is 0 Å². The summed E-state index contributed by atoms with van der Waals surface area (Å²) in [6.45, 7) is 11.3. The van der Waals surface area contributed by atoms with Crippen molar-refractivity contribution in [1.82, 2.24) is 5.32 Å². The molecular weight excluding hydrogens is 210 g/mol. The van der Waals surface area contributed by atoms with Crippen LogP contribution < -0.4 is 5.32 Å². The summed E-state index contributed by atoms with van der Waals surface area (Å²) in [7, 11) is 1.79. The Morgan fingerprint density at radius 1 is 1.12 bits per heavy atom. The van der Waals surface area contributed by atoms with Crippen molar-refractivity contribution in [3.63, 3.8) is 0 Å². The molecular formula is C15H31NO. The molecule has 0 aromatic carbocycles. The van der Waals surface area contributed by atoms with E-state index in [9.17, 15) is 0 Å². The van der Waals surface area contributed by atoms with Crippen LogP contribution in [0, 0.1) is 11.3 Å². The zero-order valence-electron chi connectivity index (χ0n) is 12.4. The van der Waals surface area contributed by atoms with Crippen molar-refractivity contribution in [3.05, 3.63) is 0 Å². The van der Waals surface area contributed by atoms with Crippen LogP contribution >= 0.6 is 0 Å². The molecule has 1 N–H and O–H groups in total. The average Bonchev–Trinajstić information content (AvgIpc) is 3.04. The lowest BCUT2D eigenvalue weighted by atomic mass is 9.79. The summed E-state index contributed by atoms with van der Waals surface area (Å²) in [5.41, 5.74) is 0.740. The number of hydrogen-bond donors (Lipinski definition) is 1. The molecule has 17 heavy (non-hydrogen) atoms. The fourth-order valence-electron chi connectivity index (χ4n) is 2.46. The van der Waals surface area contributed by atoms with Crippen LogP contribution in [0.15, 0.2) is 0 Å². The minimum atomic E-state index is 0.239. The van der Waals surface area contributed by atoms with Gasteiger partial charge in [0.15, 0.2) is 0 Å². The largest absolute Gasteiger partial charge is 0.385 e. The van der Waals surface area contributed by atoms with E-state index in [1.165, 1.54) is 32.1 Å². The van der Waals surface area contributed by atoms with Crippen LogP contribution in [0.3, 0.4) is 0 Å². The number of rotatable bonds is 8. The quantitative estimate of drug-likeness (QED) is 0.656. The van der Waals surface area contributed by atoms with Gasteiger partial charge in [0.25, 0.3) is 0 Å². The molecule has 0 aromatic rings. The molecule has 1 saturated carbocycles. The molecule has 1 fully saturated rings. The van der Waals surface area contributed by atoms with Gasteiger partial charge in [-0.2, -0.15) is 0 Å². The maximum atomic E-state index is 5.13. The van der Waals surface area contributed by atoms with Gasteiger partial charge in [-0.15, -0.1) is 0 Å². The Balaban J connectivity index is 2.34. The molecule has 1 atom stereocenters. The Bertz CT molecular complexity index is 217. The van der Waals surface area contributed by atoms with E-state index >= 15 is 0 Å². The fourth-order valence-corrected chi connectivity index (χ4v) is 2.46. The summed E-state index contributed by atoms with van der Waals surface area (Å²) in [5.74, 6) is 0.958. The Morgan fingerprint density at radius 2 is 1.76 bits per heavy atom. The maximum Gasteiger partial charge on any atom is 0.0462 e. The molecule has 1 unspecified atom stereocenters. The zero-order chi connectivity index (χ0) is 12.9. The van der Waals surface area contributed by atoms with E-state index in [4.69, 9.17) is 4.74 Å². The predicted octanol–water partition coefficient (Wildman–Crippen LogP) is 3.61. The first kappa shape index (κ1) is 15.0. The van der Waals surface area contributed by atoms with Crippen LogP contribution in [-0.4, -0.2) is 25.8 Å². The lowest BCUT2D eigenvalue weighted by molar-refractivity contribution is 0.171. The number of unbranched alkanes of at least 4 members (excludes halogenated alkanes) is 1. The molecule has 0 aromatic heterocycles. The van der Waals surface area contributed by atoms with Crippen molar-refractivity contribution in [3.8, 4) is 0 Å². The van der Waals surface area contributed by atoms with Crippen molar-refractivity contribution in [2.24, 2.45) is 11.3 Å². The molecule has 2 nitrogen and oxygen atoms in total. The average molecular weight is 241 g/mol. The van der Waals surface area contributed by atoms with Crippen molar-refractivity contribution >= 4 is 0 Å². The Hall–Kier alpha value is -0.0800. The van der Waals surface area contributed by atoms with Crippen molar-refractivity contribution in [2.75, 3.05) is 20.3 Å². The van der Waals surface area contributed by atoms with E-state index in [-0.39, 0.29) is 5.54 Å². The number of nitrogens with one attached hydrogen (secondary N) is 1. The summed E-state index contributed by atoms with van der Waals surface area (Å²) in [4.78, 5) is 0. The van der Waals surface area contributed by atoms with Crippen molar-refractivity contribution in [2.45, 2.75) is 65.3 Å². The second-order valence-electron chi connectivity index (χ2n) is 6.98. The molecule has 0 amide bonds. The van der Waals surface area contributed by atoms with Gasteiger partial charge in [-0.1, -0.05) is 13.3 Å². The Morgan fingerprint density at radius 3 is 2.24 bits per heavy atom. The first-order valence-corrected chi connectivity index (χ1v) is 7.11. The SMILES string of the molecule is COCCCCC(C)(CNC(C)(C)C)C1CC1. The number of hydrogen-bond acceptors (Lipinski definition) is 2. The molecule has 0 heterocycles. The first-order valence-electron chi connectivity index (χ1n) is 7.11. The number of ether oxygens (including phenoxy) is 1. The van der Waals surface area contributed by atoms with Crippen LogP contribution in [0.2, 0.25) is 0 Å². The smallest absolute Gasteiger partial charge is 0.0462 e. The molecule has 1 aliphatic rings. The lowest BCUT2D eigenvalue weighted by Crippen LogP contribution is -2.43. The second kappa shape index (κ2) is 6.19. The molecule has 2 heteroatoms. The van der Waals surface area contributed by atoms with Crippen LogP contribution in [0.5, 0.6) is 0 Å². The molecule has 102 valence electrons. The third kappa shape index (κ3) is 5.87. The van der Waals surface area contributed by atoms with Gasteiger partial charge in [-0.25, -0.2) is 0 Å². The monoisotopic (exact) mass is 241 g/mol. The van der Waals surface area contributed by atoms with Gasteiger partial charge in [0.2, 0.25) is 0 Å². The van der Waals surface area contributed by atoms with Gasteiger partial charge in [-0.3, -0.25) is 0 Å². The highest BCUT2D eigenvalue weighted by Gasteiger charge is 2.40. The highest BCUT2D eigenvalue weighted by Crippen LogP contribution is 2.48. The molecule has 1 aliphatic carbocycles. The second-order valence-corrected chi connectivity index (χ2v) is 6.98. The highest BCUT2D eigenvalue weighted by molar-refractivity contribution is 4.93. The highest BCUT2D eigenvalue weighted by atomic mass is 16.5. The predicted molar refractivity (Wildman–Crippen MR) is 74.3 cm³/mol. The van der Waals surface area contributed by atoms with E-state index < -0.39 is 0 Å². The lowest BCUT2D eigenvalue weighted by Gasteiger charge is -2.34. The minimum absolute atomic E-state index is 0.239. The van der Waals surface area contributed by atoms with E-state index in [2.05, 4.69) is 33.0 Å². The molecule has 0 aliphatic heterocycles. The summed E-state index contributed by atoms with van der Waals surface area (Å²) in [6.07, 6.45) is 6.71. The third-order valence-corrected chi connectivity index (χ3v) is 3.93. The maximum absolute atomic E-state index is 5.13.